The van der Waals surface area contributed by atoms with Crippen molar-refractivity contribution in [2.24, 2.45) is 0 Å². The van der Waals surface area contributed by atoms with Gasteiger partial charge in [0.2, 0.25) is 5.91 Å². The molecule has 0 saturated carbocycles. The molecule has 3 saturated heterocycles. The van der Waals surface area contributed by atoms with Crippen LogP contribution in [0, 0.1) is 0 Å². The van der Waals surface area contributed by atoms with Gasteiger partial charge in [-0.2, -0.15) is 0 Å². The minimum absolute atomic E-state index is 0.244. The molecule has 19 nitrogen and oxygen atoms in total. The number of ether oxygens (including phenoxy) is 6. The predicted molar refractivity (Wildman–Crippen MR) is 360 cm³/mol. The molecule has 0 aromatic rings. The third-order valence-electron chi connectivity index (χ3n) is 18.4. The largest absolute Gasteiger partial charge is 0.394 e. The van der Waals surface area contributed by atoms with E-state index >= 15 is 0 Å². The van der Waals surface area contributed by atoms with Crippen LogP contribution in [0.25, 0.3) is 0 Å². The molecule has 3 fully saturated rings. The quantitative estimate of drug-likeness (QED) is 0.0199. The van der Waals surface area contributed by atoms with Crippen LogP contribution in [-0.2, 0) is 33.2 Å². The SMILES string of the molecule is CCCCCCC/C=C\C/C=C\C/C=C\CCCCCCCCCCCCCCCCCCC(=O)NC(COC1OC(CO)C(OC2OC(CO)C(OC3OC(CO)C(O)C(O)C3O)C(O)C2O)C(O)C1O)C(O)/C=C/CCCCCCCCCCCCCCCC. The molecule has 0 spiro atoms. The lowest BCUT2D eigenvalue weighted by molar-refractivity contribution is -0.379. The van der Waals surface area contributed by atoms with Gasteiger partial charge in [-0.25, -0.2) is 0 Å². The van der Waals surface area contributed by atoms with Gasteiger partial charge >= 0.3 is 0 Å². The summed E-state index contributed by atoms with van der Waals surface area (Å²) in [6.07, 6.45) is 39.5. The van der Waals surface area contributed by atoms with E-state index < -0.39 is 124 Å². The van der Waals surface area contributed by atoms with Gasteiger partial charge in [0.1, 0.15) is 73.2 Å². The Bertz CT molecular complexity index is 1860. The molecule has 0 radical (unpaired) electrons. The minimum Gasteiger partial charge on any atom is -0.394 e. The van der Waals surface area contributed by atoms with E-state index in [4.69, 9.17) is 28.4 Å². The summed E-state index contributed by atoms with van der Waals surface area (Å²) in [5.74, 6) is -0.274. The van der Waals surface area contributed by atoms with Gasteiger partial charge in [-0.1, -0.05) is 262 Å². The second-order valence-corrected chi connectivity index (χ2v) is 26.4. The molecule has 0 aromatic heterocycles. The molecule has 1 amide bonds. The number of nitrogens with one attached hydrogen (secondary N) is 1. The maximum absolute atomic E-state index is 13.4. The Labute approximate surface area is 554 Å². The number of rotatable bonds is 57. The zero-order valence-corrected chi connectivity index (χ0v) is 57.0. The molecule has 3 aliphatic rings. The van der Waals surface area contributed by atoms with Gasteiger partial charge < -0.3 is 89.9 Å². The van der Waals surface area contributed by atoms with E-state index in [1.54, 1.807) is 6.08 Å². The highest BCUT2D eigenvalue weighted by molar-refractivity contribution is 5.76. The molecule has 19 heteroatoms. The lowest BCUT2D eigenvalue weighted by Gasteiger charge is -2.48. The van der Waals surface area contributed by atoms with Gasteiger partial charge in [0, 0.05) is 6.42 Å². The molecule has 3 rings (SSSR count). The van der Waals surface area contributed by atoms with Crippen molar-refractivity contribution in [1.82, 2.24) is 5.32 Å². The molecular formula is C73H133NO18. The van der Waals surface area contributed by atoms with Crippen LogP contribution < -0.4 is 5.32 Å². The van der Waals surface area contributed by atoms with Gasteiger partial charge in [-0.15, -0.1) is 0 Å². The number of allylic oxidation sites excluding steroid dienone is 7. The number of unbranched alkanes of at least 4 members (excludes halogenated alkanes) is 35. The molecule has 0 aromatic carbocycles. The Kier molecular flexibility index (Phi) is 50.0. The normalized spacial score (nSPS) is 27.9. The van der Waals surface area contributed by atoms with Gasteiger partial charge in [0.05, 0.1) is 38.6 Å². The van der Waals surface area contributed by atoms with E-state index in [1.807, 2.05) is 6.08 Å². The molecule has 538 valence electrons. The Morgan fingerprint density at radius 2 is 0.717 bits per heavy atom. The van der Waals surface area contributed by atoms with E-state index in [2.05, 4.69) is 55.6 Å². The maximum Gasteiger partial charge on any atom is 0.220 e. The highest BCUT2D eigenvalue weighted by atomic mass is 16.8. The van der Waals surface area contributed by atoms with Gasteiger partial charge in [0.15, 0.2) is 18.9 Å². The lowest BCUT2D eigenvalue weighted by Crippen LogP contribution is -2.66. The summed E-state index contributed by atoms with van der Waals surface area (Å²) in [5, 5.41) is 121. The van der Waals surface area contributed by atoms with Crippen molar-refractivity contribution in [1.29, 1.82) is 0 Å². The third-order valence-corrected chi connectivity index (χ3v) is 18.4. The molecule has 3 aliphatic heterocycles. The monoisotopic (exact) mass is 1310 g/mol. The summed E-state index contributed by atoms with van der Waals surface area (Å²) in [4.78, 5) is 13.4. The number of amides is 1. The Morgan fingerprint density at radius 1 is 0.391 bits per heavy atom. The summed E-state index contributed by atoms with van der Waals surface area (Å²) in [6, 6.07) is -0.973. The standard InChI is InChI=1S/C73H133NO18/c1-3-5-7-9-11-13-15-17-19-21-22-23-24-25-26-27-28-29-30-31-32-33-34-35-37-39-41-43-45-47-49-51-61(79)74-56(57(78)50-48-46-44-42-40-38-36-20-18-16-14-12-10-8-6-4-2)55-87-71-67(85)64(82)69(59(53-76)89-71)92-73-68(86)65(83)70(60(54-77)90-73)91-72-66(84)63(81)62(80)58(52-75)88-72/h15,17,21-22,24-25,48,50,56-60,62-73,75-78,80-86H,3-14,16,18-20,23,26-47,49,51-55H2,1-2H3,(H,74,79)/b17-15-,22-21-,25-24-,50-48+. The Balaban J connectivity index is 1.38. The zero-order valence-electron chi connectivity index (χ0n) is 57.0. The molecule has 0 aliphatic carbocycles. The first kappa shape index (κ1) is 84.0. The van der Waals surface area contributed by atoms with Crippen molar-refractivity contribution in [3.05, 3.63) is 48.6 Å². The lowest BCUT2D eigenvalue weighted by atomic mass is 9.96. The minimum atomic E-state index is -1.98. The van der Waals surface area contributed by atoms with Gasteiger partial charge in [-0.05, 0) is 57.8 Å². The number of carbonyl (C=O) groups is 1. The average Bonchev–Trinajstić information content (AvgIpc) is 0.834. The molecule has 92 heavy (non-hydrogen) atoms. The van der Waals surface area contributed by atoms with E-state index in [9.17, 15) is 61.0 Å². The number of carbonyl (C=O) groups excluding carboxylic acids is 1. The predicted octanol–water partition coefficient (Wildman–Crippen LogP) is 10.6. The van der Waals surface area contributed by atoms with Crippen molar-refractivity contribution in [3.8, 4) is 0 Å². The Hall–Kier alpha value is -2.25. The molecule has 0 bridgehead atoms. The van der Waals surface area contributed by atoms with E-state index in [0.717, 1.165) is 57.8 Å². The van der Waals surface area contributed by atoms with E-state index in [0.29, 0.717) is 6.42 Å². The fourth-order valence-corrected chi connectivity index (χ4v) is 12.4. The van der Waals surface area contributed by atoms with Gasteiger partial charge in [0.25, 0.3) is 0 Å². The van der Waals surface area contributed by atoms with Crippen molar-refractivity contribution in [2.75, 3.05) is 26.4 Å². The number of aliphatic hydroxyl groups excluding tert-OH is 11. The second-order valence-electron chi connectivity index (χ2n) is 26.4. The van der Waals surface area contributed by atoms with Crippen LogP contribution >= 0.6 is 0 Å². The number of aliphatic hydroxyl groups is 11. The summed E-state index contributed by atoms with van der Waals surface area (Å²) in [5.41, 5.74) is 0. The molecule has 17 unspecified atom stereocenters. The Morgan fingerprint density at radius 3 is 1.12 bits per heavy atom. The molecular weight excluding hydrogens is 1180 g/mol. The zero-order chi connectivity index (χ0) is 66.8. The average molecular weight is 1310 g/mol. The first-order valence-electron chi connectivity index (χ1n) is 36.9. The smallest absolute Gasteiger partial charge is 0.220 e. The van der Waals surface area contributed by atoms with Crippen LogP contribution in [0.1, 0.15) is 277 Å². The van der Waals surface area contributed by atoms with Crippen molar-refractivity contribution in [3.63, 3.8) is 0 Å². The first-order chi connectivity index (χ1) is 44.8. The van der Waals surface area contributed by atoms with Gasteiger partial charge in [-0.3, -0.25) is 4.79 Å². The van der Waals surface area contributed by atoms with Crippen LogP contribution in [0.4, 0.5) is 0 Å². The van der Waals surface area contributed by atoms with Crippen molar-refractivity contribution >= 4 is 5.91 Å². The number of hydrogen-bond donors (Lipinski definition) is 12. The fourth-order valence-electron chi connectivity index (χ4n) is 12.4. The maximum atomic E-state index is 13.4. The van der Waals surface area contributed by atoms with Crippen LogP contribution in [0.15, 0.2) is 48.6 Å². The van der Waals surface area contributed by atoms with E-state index in [1.165, 1.54) is 193 Å². The first-order valence-corrected chi connectivity index (χ1v) is 36.9. The second kappa shape index (κ2) is 54.7. The summed E-state index contributed by atoms with van der Waals surface area (Å²) >= 11 is 0. The summed E-state index contributed by atoms with van der Waals surface area (Å²) in [6.45, 7) is 1.74. The highest BCUT2D eigenvalue weighted by Gasteiger charge is 2.53. The van der Waals surface area contributed by atoms with Crippen LogP contribution in [-0.4, -0.2) is 193 Å². The number of hydrogen-bond acceptors (Lipinski definition) is 18. The summed E-state index contributed by atoms with van der Waals surface area (Å²) in [7, 11) is 0. The molecule has 12 N–H and O–H groups in total. The molecule has 17 atom stereocenters. The van der Waals surface area contributed by atoms with E-state index in [-0.39, 0.29) is 18.9 Å². The van der Waals surface area contributed by atoms with Crippen LogP contribution in [0.5, 0.6) is 0 Å². The fraction of sp³-hybridized carbons (Fsp3) is 0.877. The summed E-state index contributed by atoms with van der Waals surface area (Å²) < 4.78 is 34.4. The topological polar surface area (TPSA) is 307 Å². The third kappa shape index (κ3) is 35.8. The van der Waals surface area contributed by atoms with Crippen molar-refractivity contribution < 1.29 is 89.4 Å². The molecule has 3 heterocycles. The van der Waals surface area contributed by atoms with Crippen LogP contribution in [0.3, 0.4) is 0 Å². The van der Waals surface area contributed by atoms with Crippen molar-refractivity contribution in [2.45, 2.75) is 381 Å². The highest BCUT2D eigenvalue weighted by Crippen LogP contribution is 2.33. The van der Waals surface area contributed by atoms with Crippen LogP contribution in [0.2, 0.25) is 0 Å².